The molecule has 2 aromatic carbocycles. The molecule has 0 bridgehead atoms. The van der Waals surface area contributed by atoms with E-state index in [-0.39, 0.29) is 18.9 Å². The van der Waals surface area contributed by atoms with Gasteiger partial charge in [0.1, 0.15) is 11.5 Å². The van der Waals surface area contributed by atoms with Gasteiger partial charge in [-0.25, -0.2) is 0 Å². The Hall–Kier alpha value is -2.41. The molecular formula is C18H18FNO4S. The molecule has 0 radical (unpaired) electrons. The minimum absolute atomic E-state index is 0.0465. The number of carbonyl (C=O) groups is 1. The Kier molecular flexibility index (Phi) is 5.03. The van der Waals surface area contributed by atoms with Gasteiger partial charge in [-0.05, 0) is 18.2 Å². The number of para-hydroxylation sites is 2. The molecular weight excluding hydrogens is 345 g/mol. The molecule has 25 heavy (non-hydrogen) atoms. The predicted molar refractivity (Wildman–Crippen MR) is 91.4 cm³/mol. The summed E-state index contributed by atoms with van der Waals surface area (Å²) in [5.74, 6) is 0.0113. The van der Waals surface area contributed by atoms with Crippen molar-refractivity contribution >= 4 is 16.1 Å². The van der Waals surface area contributed by atoms with Gasteiger partial charge >= 0.3 is 10.2 Å². The number of halogens is 1. The number of hydrogen-bond acceptors (Lipinski definition) is 4. The second kappa shape index (κ2) is 7.23. The number of hydrogen-bond donors (Lipinski definition) is 0. The number of rotatable bonds is 6. The summed E-state index contributed by atoms with van der Waals surface area (Å²) in [4.78, 5) is 13.7. The van der Waals surface area contributed by atoms with Gasteiger partial charge in [-0.1, -0.05) is 36.4 Å². The first-order valence-electron chi connectivity index (χ1n) is 7.91. The third kappa shape index (κ3) is 4.79. The minimum atomic E-state index is -4.58. The highest BCUT2D eigenvalue weighted by atomic mass is 32.3. The van der Waals surface area contributed by atoms with Gasteiger partial charge < -0.3 is 9.64 Å². The summed E-state index contributed by atoms with van der Waals surface area (Å²) in [5.41, 5.74) is 0.809. The molecule has 2 aromatic rings. The quantitative estimate of drug-likeness (QED) is 0.740. The first-order chi connectivity index (χ1) is 11.9. The number of nitrogens with zero attached hydrogens (tertiary/aromatic N) is 1. The lowest BCUT2D eigenvalue weighted by molar-refractivity contribution is -0.128. The lowest BCUT2D eigenvalue weighted by Crippen LogP contribution is -2.25. The first-order valence-corrected chi connectivity index (χ1v) is 9.47. The van der Waals surface area contributed by atoms with Crippen LogP contribution in [0.1, 0.15) is 12.0 Å². The molecule has 1 heterocycles. The van der Waals surface area contributed by atoms with Crippen molar-refractivity contribution in [2.75, 3.05) is 12.3 Å². The standard InChI is InChI=1S/C18H18FNO4S/c19-25(22,23)13-14-10-18(21)20(11-14)12-15-6-4-5-9-17(15)24-16-7-2-1-3-8-16/h1-9,14H,10-13H2. The van der Waals surface area contributed by atoms with Crippen molar-refractivity contribution in [3.63, 3.8) is 0 Å². The van der Waals surface area contributed by atoms with Crippen LogP contribution >= 0.6 is 0 Å². The number of benzene rings is 2. The van der Waals surface area contributed by atoms with Gasteiger partial charge in [0.2, 0.25) is 5.91 Å². The van der Waals surface area contributed by atoms with Crippen molar-refractivity contribution in [2.45, 2.75) is 13.0 Å². The fourth-order valence-electron chi connectivity index (χ4n) is 2.96. The maximum atomic E-state index is 12.9. The topological polar surface area (TPSA) is 63.7 Å². The van der Waals surface area contributed by atoms with Crippen LogP contribution in [-0.4, -0.2) is 31.5 Å². The highest BCUT2D eigenvalue weighted by Gasteiger charge is 2.33. The monoisotopic (exact) mass is 363 g/mol. The molecule has 0 aromatic heterocycles. The maximum Gasteiger partial charge on any atom is 0.302 e. The van der Waals surface area contributed by atoms with Crippen molar-refractivity contribution in [1.82, 2.24) is 4.90 Å². The minimum Gasteiger partial charge on any atom is -0.457 e. The average molecular weight is 363 g/mol. The van der Waals surface area contributed by atoms with Gasteiger partial charge in [0.25, 0.3) is 0 Å². The molecule has 3 rings (SSSR count). The Labute approximate surface area is 146 Å². The number of carbonyl (C=O) groups excluding carboxylic acids is 1. The van der Waals surface area contributed by atoms with Crippen LogP contribution in [0.4, 0.5) is 3.89 Å². The highest BCUT2D eigenvalue weighted by molar-refractivity contribution is 7.86. The Bertz CT molecular complexity index is 854. The molecule has 1 unspecified atom stereocenters. The smallest absolute Gasteiger partial charge is 0.302 e. The van der Waals surface area contributed by atoms with Crippen LogP contribution in [-0.2, 0) is 21.6 Å². The fourth-order valence-corrected chi connectivity index (χ4v) is 3.74. The summed E-state index contributed by atoms with van der Waals surface area (Å²) < 4.78 is 40.3. The van der Waals surface area contributed by atoms with E-state index >= 15 is 0 Å². The number of ether oxygens (including phenoxy) is 1. The second-order valence-corrected chi connectivity index (χ2v) is 7.48. The summed E-state index contributed by atoms with van der Waals surface area (Å²) in [6.07, 6.45) is 0.0465. The summed E-state index contributed by atoms with van der Waals surface area (Å²) >= 11 is 0. The summed E-state index contributed by atoms with van der Waals surface area (Å²) in [7, 11) is -4.58. The average Bonchev–Trinajstić information content (AvgIpc) is 2.87. The van der Waals surface area contributed by atoms with Crippen LogP contribution in [0.25, 0.3) is 0 Å². The third-order valence-electron chi connectivity index (χ3n) is 4.03. The predicted octanol–water partition coefficient (Wildman–Crippen LogP) is 3.13. The lowest BCUT2D eigenvalue weighted by Gasteiger charge is -2.19. The van der Waals surface area contributed by atoms with Crippen LogP contribution in [0.3, 0.4) is 0 Å². The highest BCUT2D eigenvalue weighted by Crippen LogP contribution is 2.28. The SMILES string of the molecule is O=C1CC(CS(=O)(=O)F)CN1Cc1ccccc1Oc1ccccc1. The molecule has 0 saturated carbocycles. The van der Waals surface area contributed by atoms with Gasteiger partial charge in [0.15, 0.2) is 0 Å². The Morgan fingerprint density at radius 1 is 1.08 bits per heavy atom. The Morgan fingerprint density at radius 3 is 2.48 bits per heavy atom. The molecule has 1 atom stereocenters. The van der Waals surface area contributed by atoms with Crippen LogP contribution < -0.4 is 4.74 Å². The van der Waals surface area contributed by atoms with Crippen molar-refractivity contribution in [3.8, 4) is 11.5 Å². The summed E-state index contributed by atoms with van der Waals surface area (Å²) in [6.45, 7) is 0.520. The number of amides is 1. The molecule has 1 fully saturated rings. The first kappa shape index (κ1) is 17.4. The van der Waals surface area contributed by atoms with Gasteiger partial charge in [-0.2, -0.15) is 8.42 Å². The van der Waals surface area contributed by atoms with Crippen LogP contribution in [0.5, 0.6) is 11.5 Å². The van der Waals surface area contributed by atoms with E-state index in [1.165, 1.54) is 0 Å². The van der Waals surface area contributed by atoms with Crippen LogP contribution in [0.2, 0.25) is 0 Å². The Morgan fingerprint density at radius 2 is 1.76 bits per heavy atom. The van der Waals surface area contributed by atoms with Crippen LogP contribution in [0, 0.1) is 5.92 Å². The van der Waals surface area contributed by atoms with Crippen molar-refractivity contribution in [2.24, 2.45) is 5.92 Å². The van der Waals surface area contributed by atoms with E-state index < -0.39 is 21.9 Å². The van der Waals surface area contributed by atoms with E-state index in [0.717, 1.165) is 5.56 Å². The van der Waals surface area contributed by atoms with Gasteiger partial charge in [0.05, 0.1) is 5.75 Å². The molecule has 1 amide bonds. The van der Waals surface area contributed by atoms with Crippen LogP contribution in [0.15, 0.2) is 54.6 Å². The largest absolute Gasteiger partial charge is 0.457 e. The molecule has 5 nitrogen and oxygen atoms in total. The second-order valence-electron chi connectivity index (χ2n) is 6.07. The van der Waals surface area contributed by atoms with E-state index in [0.29, 0.717) is 18.0 Å². The molecule has 1 saturated heterocycles. The third-order valence-corrected chi connectivity index (χ3v) is 4.90. The zero-order chi connectivity index (χ0) is 17.9. The summed E-state index contributed by atoms with van der Waals surface area (Å²) in [6, 6.07) is 16.6. The molecule has 1 aliphatic rings. The zero-order valence-electron chi connectivity index (χ0n) is 13.5. The maximum absolute atomic E-state index is 12.9. The van der Waals surface area contributed by atoms with E-state index in [9.17, 15) is 17.1 Å². The van der Waals surface area contributed by atoms with E-state index in [1.54, 1.807) is 4.90 Å². The van der Waals surface area contributed by atoms with Gasteiger partial charge in [0, 0.05) is 31.0 Å². The van der Waals surface area contributed by atoms with E-state index in [2.05, 4.69) is 0 Å². The molecule has 0 aliphatic carbocycles. The van der Waals surface area contributed by atoms with Gasteiger partial charge in [-0.15, -0.1) is 3.89 Å². The van der Waals surface area contributed by atoms with Crippen molar-refractivity contribution in [3.05, 3.63) is 60.2 Å². The molecule has 132 valence electrons. The van der Waals surface area contributed by atoms with Crippen molar-refractivity contribution < 1.29 is 21.8 Å². The van der Waals surface area contributed by atoms with E-state index in [4.69, 9.17) is 4.74 Å². The normalized spacial score (nSPS) is 17.7. The lowest BCUT2D eigenvalue weighted by atomic mass is 10.1. The van der Waals surface area contributed by atoms with Gasteiger partial charge in [-0.3, -0.25) is 4.79 Å². The fraction of sp³-hybridized carbons (Fsp3) is 0.278. The molecule has 0 spiro atoms. The molecule has 0 N–H and O–H groups in total. The van der Waals surface area contributed by atoms with E-state index in [1.807, 2.05) is 54.6 Å². The molecule has 7 heteroatoms. The Balaban J connectivity index is 1.72. The van der Waals surface area contributed by atoms with Crippen molar-refractivity contribution in [1.29, 1.82) is 0 Å². The number of likely N-dealkylation sites (tertiary alicyclic amines) is 1. The zero-order valence-corrected chi connectivity index (χ0v) is 14.3. The molecule has 1 aliphatic heterocycles. The summed E-state index contributed by atoms with van der Waals surface area (Å²) in [5, 5.41) is 0.